The molecule has 1 unspecified atom stereocenters. The molecule has 1 aromatic carbocycles. The number of hydrogen-bond donors (Lipinski definition) is 1. The molecule has 21 heavy (non-hydrogen) atoms. The van der Waals surface area contributed by atoms with Crippen molar-refractivity contribution < 1.29 is 9.84 Å². The van der Waals surface area contributed by atoms with Gasteiger partial charge in [-0.15, -0.1) is 0 Å². The maximum atomic E-state index is 9.34. The summed E-state index contributed by atoms with van der Waals surface area (Å²) >= 11 is 0. The van der Waals surface area contributed by atoms with E-state index in [1.165, 1.54) is 11.1 Å². The predicted molar refractivity (Wildman–Crippen MR) is 82.6 cm³/mol. The minimum Gasteiger partial charge on any atom is -0.477 e. The van der Waals surface area contributed by atoms with Gasteiger partial charge in [0.25, 0.3) is 0 Å². The molecule has 0 saturated carbocycles. The molecule has 0 radical (unpaired) electrons. The molecular formula is C17H22N2O2. The number of aliphatic hydroxyl groups excluding tert-OH is 1. The number of rotatable bonds is 3. The highest BCUT2D eigenvalue weighted by Gasteiger charge is 2.28. The standard InChI is InChI=1S/C17H22N2O2/c1-11(2)15-16(14-7-5-4-6-12(14)3)18-19-8-13(9-20)10-21-17(15)19/h4-7,11,13,20H,8-10H2,1-3H3. The molecule has 4 heteroatoms. The summed E-state index contributed by atoms with van der Waals surface area (Å²) in [6, 6.07) is 8.30. The van der Waals surface area contributed by atoms with Crippen molar-refractivity contribution in [3.8, 4) is 17.1 Å². The van der Waals surface area contributed by atoms with Crippen LogP contribution in [0.3, 0.4) is 0 Å². The van der Waals surface area contributed by atoms with E-state index in [0.717, 1.165) is 23.7 Å². The van der Waals surface area contributed by atoms with E-state index in [1.807, 2.05) is 16.8 Å². The Morgan fingerprint density at radius 2 is 2.14 bits per heavy atom. The van der Waals surface area contributed by atoms with Crippen molar-refractivity contribution in [2.24, 2.45) is 5.92 Å². The summed E-state index contributed by atoms with van der Waals surface area (Å²) in [6.45, 7) is 7.86. The molecule has 0 saturated heterocycles. The van der Waals surface area contributed by atoms with Crippen LogP contribution in [0.15, 0.2) is 24.3 Å². The van der Waals surface area contributed by atoms with Crippen LogP contribution in [0.5, 0.6) is 5.88 Å². The fourth-order valence-corrected chi connectivity index (χ4v) is 2.90. The Balaban J connectivity index is 2.14. The van der Waals surface area contributed by atoms with Crippen LogP contribution in [0.1, 0.15) is 30.9 Å². The normalized spacial score (nSPS) is 17.7. The largest absolute Gasteiger partial charge is 0.477 e. The van der Waals surface area contributed by atoms with E-state index in [2.05, 4.69) is 32.9 Å². The second-order valence-electron chi connectivity index (χ2n) is 6.08. The SMILES string of the molecule is Cc1ccccc1-c1nn2c(c1C(C)C)OCC(CO)C2. The third kappa shape index (κ3) is 2.44. The van der Waals surface area contributed by atoms with Crippen molar-refractivity contribution in [1.82, 2.24) is 9.78 Å². The molecule has 0 bridgehead atoms. The number of aryl methyl sites for hydroxylation is 1. The Bertz CT molecular complexity index is 646. The van der Waals surface area contributed by atoms with Gasteiger partial charge in [-0.3, -0.25) is 0 Å². The molecule has 0 spiro atoms. The highest BCUT2D eigenvalue weighted by molar-refractivity contribution is 5.69. The van der Waals surface area contributed by atoms with Crippen LogP contribution in [-0.2, 0) is 6.54 Å². The Kier molecular flexibility index (Phi) is 3.72. The average molecular weight is 286 g/mol. The predicted octanol–water partition coefficient (Wildman–Crippen LogP) is 2.98. The van der Waals surface area contributed by atoms with Crippen molar-refractivity contribution >= 4 is 0 Å². The first-order chi connectivity index (χ1) is 10.1. The molecule has 2 aromatic rings. The number of benzene rings is 1. The van der Waals surface area contributed by atoms with E-state index in [-0.39, 0.29) is 12.5 Å². The second-order valence-corrected chi connectivity index (χ2v) is 6.08. The number of nitrogens with zero attached hydrogens (tertiary/aromatic N) is 2. The number of ether oxygens (including phenoxy) is 1. The number of aliphatic hydroxyl groups is 1. The maximum absolute atomic E-state index is 9.34. The van der Waals surface area contributed by atoms with Gasteiger partial charge in [0, 0.05) is 17.0 Å². The van der Waals surface area contributed by atoms with Crippen LogP contribution in [0.25, 0.3) is 11.3 Å². The van der Waals surface area contributed by atoms with Crippen molar-refractivity contribution in [3.05, 3.63) is 35.4 Å². The molecule has 2 heterocycles. The fraction of sp³-hybridized carbons (Fsp3) is 0.471. The van der Waals surface area contributed by atoms with Gasteiger partial charge in [-0.2, -0.15) is 5.10 Å². The third-order valence-electron chi connectivity index (χ3n) is 4.06. The molecule has 0 amide bonds. The molecule has 0 fully saturated rings. The Morgan fingerprint density at radius 1 is 1.38 bits per heavy atom. The minimum atomic E-state index is 0.127. The van der Waals surface area contributed by atoms with Gasteiger partial charge in [-0.25, -0.2) is 4.68 Å². The zero-order valence-corrected chi connectivity index (χ0v) is 12.8. The Labute approximate surface area is 125 Å². The number of hydrogen-bond acceptors (Lipinski definition) is 3. The summed E-state index contributed by atoms with van der Waals surface area (Å²) in [7, 11) is 0. The molecule has 1 aliphatic heterocycles. The lowest BCUT2D eigenvalue weighted by molar-refractivity contribution is 0.107. The average Bonchev–Trinajstić information content (AvgIpc) is 2.85. The molecular weight excluding hydrogens is 264 g/mol. The number of fused-ring (bicyclic) bond motifs is 1. The van der Waals surface area contributed by atoms with Crippen molar-refractivity contribution in [1.29, 1.82) is 0 Å². The van der Waals surface area contributed by atoms with Crippen molar-refractivity contribution in [2.75, 3.05) is 13.2 Å². The topological polar surface area (TPSA) is 47.3 Å². The zero-order chi connectivity index (χ0) is 15.0. The summed E-state index contributed by atoms with van der Waals surface area (Å²) in [5.41, 5.74) is 4.55. The number of aromatic nitrogens is 2. The van der Waals surface area contributed by atoms with E-state index in [0.29, 0.717) is 12.5 Å². The van der Waals surface area contributed by atoms with Crippen LogP contribution in [-0.4, -0.2) is 28.1 Å². The van der Waals surface area contributed by atoms with Gasteiger partial charge in [0.05, 0.1) is 25.5 Å². The second kappa shape index (κ2) is 5.53. The van der Waals surface area contributed by atoms with Gasteiger partial charge in [0.2, 0.25) is 5.88 Å². The van der Waals surface area contributed by atoms with E-state index in [9.17, 15) is 5.11 Å². The van der Waals surface area contributed by atoms with Gasteiger partial charge in [0.1, 0.15) is 0 Å². The summed E-state index contributed by atoms with van der Waals surface area (Å²) in [4.78, 5) is 0. The minimum absolute atomic E-state index is 0.127. The molecule has 1 N–H and O–H groups in total. The first-order valence-corrected chi connectivity index (χ1v) is 7.52. The van der Waals surface area contributed by atoms with E-state index in [4.69, 9.17) is 9.84 Å². The molecule has 1 aliphatic rings. The van der Waals surface area contributed by atoms with E-state index >= 15 is 0 Å². The summed E-state index contributed by atoms with van der Waals surface area (Å²) in [6.07, 6.45) is 0. The quantitative estimate of drug-likeness (QED) is 0.943. The monoisotopic (exact) mass is 286 g/mol. The summed E-state index contributed by atoms with van der Waals surface area (Å²) < 4.78 is 7.82. The fourth-order valence-electron chi connectivity index (χ4n) is 2.90. The third-order valence-corrected chi connectivity index (χ3v) is 4.06. The first kappa shape index (κ1) is 14.1. The maximum Gasteiger partial charge on any atom is 0.215 e. The van der Waals surface area contributed by atoms with Gasteiger partial charge >= 0.3 is 0 Å². The molecule has 4 nitrogen and oxygen atoms in total. The lowest BCUT2D eigenvalue weighted by Gasteiger charge is -2.23. The van der Waals surface area contributed by atoms with Crippen molar-refractivity contribution in [3.63, 3.8) is 0 Å². The molecule has 3 rings (SSSR count). The van der Waals surface area contributed by atoms with Crippen LogP contribution >= 0.6 is 0 Å². The van der Waals surface area contributed by atoms with E-state index in [1.54, 1.807) is 0 Å². The van der Waals surface area contributed by atoms with Gasteiger partial charge in [0.15, 0.2) is 0 Å². The first-order valence-electron chi connectivity index (χ1n) is 7.52. The van der Waals surface area contributed by atoms with Crippen molar-refractivity contribution in [2.45, 2.75) is 33.2 Å². The molecule has 112 valence electrons. The van der Waals surface area contributed by atoms with Gasteiger partial charge < -0.3 is 9.84 Å². The van der Waals surface area contributed by atoms with Crippen LogP contribution in [0, 0.1) is 12.8 Å². The lowest BCUT2D eigenvalue weighted by atomic mass is 9.96. The summed E-state index contributed by atoms with van der Waals surface area (Å²) in [5, 5.41) is 14.1. The van der Waals surface area contributed by atoms with E-state index < -0.39 is 0 Å². The lowest BCUT2D eigenvalue weighted by Crippen LogP contribution is -2.28. The zero-order valence-electron chi connectivity index (χ0n) is 12.8. The molecule has 1 atom stereocenters. The van der Waals surface area contributed by atoms with Crippen LogP contribution in [0.4, 0.5) is 0 Å². The van der Waals surface area contributed by atoms with Gasteiger partial charge in [-0.05, 0) is 18.4 Å². The van der Waals surface area contributed by atoms with Crippen LogP contribution < -0.4 is 4.74 Å². The smallest absolute Gasteiger partial charge is 0.215 e. The Morgan fingerprint density at radius 3 is 2.81 bits per heavy atom. The highest BCUT2D eigenvalue weighted by Crippen LogP contribution is 2.39. The Hall–Kier alpha value is -1.81. The van der Waals surface area contributed by atoms with Gasteiger partial charge in [-0.1, -0.05) is 38.1 Å². The molecule has 0 aliphatic carbocycles. The molecule has 1 aromatic heterocycles. The summed E-state index contributed by atoms with van der Waals surface area (Å²) in [5.74, 6) is 1.34. The highest BCUT2D eigenvalue weighted by atomic mass is 16.5. The van der Waals surface area contributed by atoms with Crippen LogP contribution in [0.2, 0.25) is 0 Å².